The lowest BCUT2D eigenvalue weighted by Gasteiger charge is -2.26. The number of hydrogen-bond acceptors (Lipinski definition) is 3. The minimum Gasteiger partial charge on any atom is -0.370 e. The summed E-state index contributed by atoms with van der Waals surface area (Å²) in [5, 5.41) is 9.32. The van der Waals surface area contributed by atoms with Crippen molar-refractivity contribution in [2.24, 2.45) is 5.73 Å². The van der Waals surface area contributed by atoms with Gasteiger partial charge >= 0.3 is 0 Å². The molecule has 3 nitrogen and oxygen atoms in total. The lowest BCUT2D eigenvalue weighted by Crippen LogP contribution is -2.26. The van der Waals surface area contributed by atoms with Crippen LogP contribution in [0.2, 0.25) is 0 Å². The second-order valence-corrected chi connectivity index (χ2v) is 4.86. The molecule has 19 heavy (non-hydrogen) atoms. The summed E-state index contributed by atoms with van der Waals surface area (Å²) in [7, 11) is 0. The number of anilines is 1. The first-order chi connectivity index (χ1) is 9.26. The number of nitriles is 1. The molecule has 1 aromatic rings. The third-order valence-electron chi connectivity index (χ3n) is 3.32. The molecule has 0 aliphatic carbocycles. The highest BCUT2D eigenvalue weighted by molar-refractivity contribution is 5.60. The fourth-order valence-corrected chi connectivity index (χ4v) is 2.13. The molecule has 0 heterocycles. The summed E-state index contributed by atoms with van der Waals surface area (Å²) in [6, 6.07) is 8.30. The van der Waals surface area contributed by atoms with Crippen molar-refractivity contribution < 1.29 is 0 Å². The maximum atomic E-state index is 9.32. The molecule has 104 valence electrons. The fourth-order valence-electron chi connectivity index (χ4n) is 2.13. The zero-order valence-corrected chi connectivity index (χ0v) is 12.2. The molecule has 0 radical (unpaired) electrons. The van der Waals surface area contributed by atoms with Crippen molar-refractivity contribution in [3.63, 3.8) is 0 Å². The van der Waals surface area contributed by atoms with Crippen LogP contribution in [0.5, 0.6) is 0 Å². The molecule has 0 fully saturated rings. The standard InChI is InChI=1S/C16H25N3/c1-3-5-9-19(10-6-4-2)16-8-7-14(12-17)11-15(16)13-18/h7-8,11H,3-6,9-10,12,17H2,1-2H3. The summed E-state index contributed by atoms with van der Waals surface area (Å²) >= 11 is 0. The highest BCUT2D eigenvalue weighted by Gasteiger charge is 2.11. The Morgan fingerprint density at radius 2 is 1.79 bits per heavy atom. The highest BCUT2D eigenvalue weighted by atomic mass is 15.1. The first-order valence-corrected chi connectivity index (χ1v) is 7.24. The van der Waals surface area contributed by atoms with Crippen LogP contribution < -0.4 is 10.6 Å². The van der Waals surface area contributed by atoms with E-state index in [1.807, 2.05) is 18.2 Å². The van der Waals surface area contributed by atoms with Crippen LogP contribution in [0.1, 0.15) is 50.7 Å². The summed E-state index contributed by atoms with van der Waals surface area (Å²) in [5.74, 6) is 0. The van der Waals surface area contributed by atoms with Gasteiger partial charge in [-0.2, -0.15) is 5.26 Å². The van der Waals surface area contributed by atoms with Crippen molar-refractivity contribution in [2.45, 2.75) is 46.1 Å². The van der Waals surface area contributed by atoms with Crippen LogP contribution in [0, 0.1) is 11.3 Å². The van der Waals surface area contributed by atoms with Crippen LogP contribution >= 0.6 is 0 Å². The molecule has 0 saturated carbocycles. The Morgan fingerprint density at radius 3 is 2.26 bits per heavy atom. The molecule has 0 saturated heterocycles. The third kappa shape index (κ3) is 4.57. The van der Waals surface area contributed by atoms with Crippen LogP contribution in [-0.2, 0) is 6.54 Å². The second kappa shape index (κ2) is 8.55. The van der Waals surface area contributed by atoms with E-state index < -0.39 is 0 Å². The Balaban J connectivity index is 2.96. The van der Waals surface area contributed by atoms with E-state index in [1.54, 1.807) is 0 Å². The summed E-state index contributed by atoms with van der Waals surface area (Å²) in [6.45, 7) is 6.92. The van der Waals surface area contributed by atoms with Gasteiger partial charge in [0.05, 0.1) is 11.3 Å². The SMILES string of the molecule is CCCCN(CCCC)c1ccc(CN)cc1C#N. The molecular weight excluding hydrogens is 234 g/mol. The van der Waals surface area contributed by atoms with Gasteiger partial charge in [-0.25, -0.2) is 0 Å². The molecule has 3 heteroatoms. The van der Waals surface area contributed by atoms with Gasteiger partial charge in [0.15, 0.2) is 0 Å². The maximum absolute atomic E-state index is 9.32. The minimum absolute atomic E-state index is 0.485. The second-order valence-electron chi connectivity index (χ2n) is 4.86. The number of nitrogens with two attached hydrogens (primary N) is 1. The molecule has 0 aromatic heterocycles. The monoisotopic (exact) mass is 259 g/mol. The molecule has 1 aromatic carbocycles. The largest absolute Gasteiger partial charge is 0.370 e. The van der Waals surface area contributed by atoms with E-state index in [1.165, 1.54) is 12.8 Å². The van der Waals surface area contributed by atoms with Crippen molar-refractivity contribution in [3.8, 4) is 6.07 Å². The van der Waals surface area contributed by atoms with E-state index in [-0.39, 0.29) is 0 Å². The molecule has 1 rings (SSSR count). The summed E-state index contributed by atoms with van der Waals surface area (Å²) < 4.78 is 0. The zero-order valence-electron chi connectivity index (χ0n) is 12.2. The molecule has 0 aliphatic heterocycles. The van der Waals surface area contributed by atoms with Gasteiger partial charge in [0.25, 0.3) is 0 Å². The lowest BCUT2D eigenvalue weighted by molar-refractivity contribution is 0.677. The van der Waals surface area contributed by atoms with Crippen molar-refractivity contribution in [2.75, 3.05) is 18.0 Å². The number of nitrogens with zero attached hydrogens (tertiary/aromatic N) is 2. The molecule has 0 spiro atoms. The van der Waals surface area contributed by atoms with Crippen molar-refractivity contribution >= 4 is 5.69 Å². The molecule has 0 amide bonds. The predicted molar refractivity (Wildman–Crippen MR) is 81.1 cm³/mol. The van der Waals surface area contributed by atoms with Gasteiger partial charge < -0.3 is 10.6 Å². The fraction of sp³-hybridized carbons (Fsp3) is 0.562. The molecule has 2 N–H and O–H groups in total. The highest BCUT2D eigenvalue weighted by Crippen LogP contribution is 2.22. The molecule has 0 unspecified atom stereocenters. The Labute approximate surface area is 117 Å². The normalized spacial score (nSPS) is 10.2. The van der Waals surface area contributed by atoms with E-state index in [0.29, 0.717) is 6.54 Å². The zero-order chi connectivity index (χ0) is 14.1. The lowest BCUT2D eigenvalue weighted by atomic mass is 10.1. The molecule has 0 bridgehead atoms. The first kappa shape index (κ1) is 15.5. The molecular formula is C16H25N3. The van der Waals surface area contributed by atoms with Gasteiger partial charge in [-0.1, -0.05) is 32.8 Å². The van der Waals surface area contributed by atoms with Crippen molar-refractivity contribution in [1.29, 1.82) is 5.26 Å². The Hall–Kier alpha value is -1.53. The van der Waals surface area contributed by atoms with Crippen LogP contribution in [0.3, 0.4) is 0 Å². The number of unbranched alkanes of at least 4 members (excludes halogenated alkanes) is 2. The van der Waals surface area contributed by atoms with Gasteiger partial charge in [-0.15, -0.1) is 0 Å². The first-order valence-electron chi connectivity index (χ1n) is 7.24. The Kier molecular flexibility index (Phi) is 6.99. The predicted octanol–water partition coefficient (Wildman–Crippen LogP) is 3.42. The average molecular weight is 259 g/mol. The van der Waals surface area contributed by atoms with E-state index >= 15 is 0 Å². The minimum atomic E-state index is 0.485. The summed E-state index contributed by atoms with van der Waals surface area (Å²) in [5.41, 5.74) is 8.46. The number of rotatable bonds is 8. The van der Waals surface area contributed by atoms with Crippen LogP contribution in [-0.4, -0.2) is 13.1 Å². The van der Waals surface area contributed by atoms with Crippen molar-refractivity contribution in [1.82, 2.24) is 0 Å². The Morgan fingerprint density at radius 1 is 1.16 bits per heavy atom. The molecule has 0 atom stereocenters. The van der Waals surface area contributed by atoms with Crippen LogP contribution in [0.15, 0.2) is 18.2 Å². The van der Waals surface area contributed by atoms with Crippen LogP contribution in [0.25, 0.3) is 0 Å². The van der Waals surface area contributed by atoms with E-state index in [9.17, 15) is 5.26 Å². The molecule has 0 aliphatic rings. The topological polar surface area (TPSA) is 53.0 Å². The smallest absolute Gasteiger partial charge is 0.101 e. The van der Waals surface area contributed by atoms with Gasteiger partial charge in [-0.05, 0) is 30.5 Å². The van der Waals surface area contributed by atoms with Gasteiger partial charge in [0.2, 0.25) is 0 Å². The average Bonchev–Trinajstić information content (AvgIpc) is 2.47. The number of benzene rings is 1. The van der Waals surface area contributed by atoms with E-state index in [2.05, 4.69) is 24.8 Å². The third-order valence-corrected chi connectivity index (χ3v) is 3.32. The van der Waals surface area contributed by atoms with Gasteiger partial charge in [0, 0.05) is 19.6 Å². The summed E-state index contributed by atoms with van der Waals surface area (Å²) in [4.78, 5) is 2.34. The van der Waals surface area contributed by atoms with Gasteiger partial charge in [0.1, 0.15) is 6.07 Å². The van der Waals surface area contributed by atoms with E-state index in [4.69, 9.17) is 5.73 Å². The number of hydrogen-bond donors (Lipinski definition) is 1. The van der Waals surface area contributed by atoms with Crippen molar-refractivity contribution in [3.05, 3.63) is 29.3 Å². The van der Waals surface area contributed by atoms with E-state index in [0.717, 1.165) is 42.7 Å². The Bertz CT molecular complexity index is 412. The quantitative estimate of drug-likeness (QED) is 0.778. The summed E-state index contributed by atoms with van der Waals surface area (Å²) in [6.07, 6.45) is 4.66. The van der Waals surface area contributed by atoms with Gasteiger partial charge in [-0.3, -0.25) is 0 Å². The van der Waals surface area contributed by atoms with Crippen LogP contribution in [0.4, 0.5) is 5.69 Å². The maximum Gasteiger partial charge on any atom is 0.101 e.